The Bertz CT molecular complexity index is 532. The highest BCUT2D eigenvalue weighted by molar-refractivity contribution is 6.73. The highest BCUT2D eigenvalue weighted by Crippen LogP contribution is 2.17. The summed E-state index contributed by atoms with van der Waals surface area (Å²) in [6, 6.07) is 6.26. The monoisotopic (exact) mass is 398 g/mol. The highest BCUT2D eigenvalue weighted by atomic mass is 28.4. The van der Waals surface area contributed by atoms with E-state index in [1.807, 2.05) is 6.08 Å². The minimum atomic E-state index is -1.67. The first-order chi connectivity index (χ1) is 10.9. The number of benzene rings is 1. The van der Waals surface area contributed by atoms with Crippen LogP contribution in [0.15, 0.2) is 24.8 Å². The van der Waals surface area contributed by atoms with Crippen LogP contribution in [0.3, 0.4) is 0 Å². The fraction of sp³-hybridized carbons (Fsp3) is 0.529. The lowest BCUT2D eigenvalue weighted by molar-refractivity contribution is 0.0532. The molecule has 0 atom stereocenters. The molecule has 0 saturated heterocycles. The molecule has 0 radical (unpaired) electrons. The van der Waals surface area contributed by atoms with Gasteiger partial charge in [0, 0.05) is 0 Å². The average Bonchev–Trinajstić information content (AvgIpc) is 2.40. The Morgan fingerprint density at radius 1 is 1.04 bits per heavy atom. The van der Waals surface area contributed by atoms with Gasteiger partial charge in [0.1, 0.15) is 5.75 Å². The van der Waals surface area contributed by atoms with Crippen molar-refractivity contribution in [2.24, 2.45) is 0 Å². The van der Waals surface area contributed by atoms with E-state index in [1.165, 1.54) is 10.8 Å². The van der Waals surface area contributed by atoms with Gasteiger partial charge in [0.15, 0.2) is 22.5 Å². The predicted octanol–water partition coefficient (Wildman–Crippen LogP) is 3.47. The summed E-state index contributed by atoms with van der Waals surface area (Å²) in [6.45, 7) is 21.8. The summed E-state index contributed by atoms with van der Waals surface area (Å²) in [7, 11) is -5.34. The predicted molar refractivity (Wildman–Crippen MR) is 117 cm³/mol. The molecule has 0 bridgehead atoms. The third-order valence-corrected chi connectivity index (χ3v) is 8.70. The molecule has 0 aliphatic heterocycles. The van der Waals surface area contributed by atoms with Crippen molar-refractivity contribution in [3.05, 3.63) is 30.3 Å². The van der Waals surface area contributed by atoms with Gasteiger partial charge < -0.3 is 13.3 Å². The standard InChI is InChI=1S/C17H34O3Si4/c1-10-14-12-11-13-15(16(14)22(2)3)18-21-17(19-23(4,5)6)20-24(7,8)9/h10-13,17,22H,1,21H2,2-9H3. The van der Waals surface area contributed by atoms with Gasteiger partial charge in [-0.15, -0.1) is 0 Å². The molecule has 0 aromatic heterocycles. The lowest BCUT2D eigenvalue weighted by atomic mass is 10.2. The number of hydrogen-bond acceptors (Lipinski definition) is 3. The van der Waals surface area contributed by atoms with Gasteiger partial charge in [-0.1, -0.05) is 37.9 Å². The Hall–Kier alpha value is -0.452. The van der Waals surface area contributed by atoms with Crippen molar-refractivity contribution >= 4 is 46.5 Å². The van der Waals surface area contributed by atoms with Gasteiger partial charge >= 0.3 is 0 Å². The van der Waals surface area contributed by atoms with Gasteiger partial charge in [0.2, 0.25) is 0 Å². The topological polar surface area (TPSA) is 27.7 Å². The summed E-state index contributed by atoms with van der Waals surface area (Å²) in [6.07, 6.45) is 1.94. The molecular weight excluding hydrogens is 365 g/mol. The largest absolute Gasteiger partial charge is 0.544 e. The van der Waals surface area contributed by atoms with Crippen LogP contribution in [0.5, 0.6) is 5.75 Å². The van der Waals surface area contributed by atoms with Crippen molar-refractivity contribution in [3.63, 3.8) is 0 Å². The Morgan fingerprint density at radius 3 is 2.00 bits per heavy atom. The van der Waals surface area contributed by atoms with E-state index in [4.69, 9.17) is 13.3 Å². The van der Waals surface area contributed by atoms with Crippen LogP contribution >= 0.6 is 0 Å². The number of hydrogen-bond donors (Lipinski definition) is 0. The van der Waals surface area contributed by atoms with Gasteiger partial charge in [-0.2, -0.15) is 0 Å². The van der Waals surface area contributed by atoms with E-state index in [0.29, 0.717) is 0 Å². The molecule has 24 heavy (non-hydrogen) atoms. The van der Waals surface area contributed by atoms with Crippen molar-refractivity contribution in [1.29, 1.82) is 0 Å². The van der Waals surface area contributed by atoms with E-state index in [-0.39, 0.29) is 5.91 Å². The van der Waals surface area contributed by atoms with E-state index < -0.39 is 35.2 Å². The molecule has 0 aliphatic carbocycles. The summed E-state index contributed by atoms with van der Waals surface area (Å²) >= 11 is 0. The van der Waals surface area contributed by atoms with E-state index in [1.54, 1.807) is 0 Å². The van der Waals surface area contributed by atoms with Crippen LogP contribution in [-0.4, -0.2) is 41.1 Å². The first-order valence-corrected chi connectivity index (χ1v) is 19.8. The first-order valence-electron chi connectivity index (χ1n) is 8.67. The molecule has 0 spiro atoms. The quantitative estimate of drug-likeness (QED) is 0.471. The van der Waals surface area contributed by atoms with Gasteiger partial charge in [-0.25, -0.2) is 0 Å². The minimum absolute atomic E-state index is 0.155. The molecule has 1 rings (SSSR count). The minimum Gasteiger partial charge on any atom is -0.544 e. The maximum atomic E-state index is 6.32. The normalized spacial score (nSPS) is 13.2. The average molecular weight is 399 g/mol. The zero-order valence-corrected chi connectivity index (χ0v) is 21.2. The maximum Gasteiger partial charge on any atom is 0.276 e. The van der Waals surface area contributed by atoms with Gasteiger partial charge in [0.25, 0.3) is 9.76 Å². The molecule has 0 unspecified atom stereocenters. The zero-order chi connectivity index (χ0) is 18.5. The van der Waals surface area contributed by atoms with E-state index in [9.17, 15) is 0 Å². The Labute approximate surface area is 154 Å². The third kappa shape index (κ3) is 7.62. The van der Waals surface area contributed by atoms with Gasteiger partial charge in [0.05, 0.1) is 8.80 Å². The lowest BCUT2D eigenvalue weighted by Crippen LogP contribution is -2.45. The first kappa shape index (κ1) is 21.6. The van der Waals surface area contributed by atoms with Crippen molar-refractivity contribution in [2.75, 3.05) is 0 Å². The van der Waals surface area contributed by atoms with Crippen LogP contribution in [0.4, 0.5) is 0 Å². The molecule has 0 N–H and O–H groups in total. The summed E-state index contributed by atoms with van der Waals surface area (Å²) in [4.78, 5) is 0. The van der Waals surface area contributed by atoms with E-state index in [0.717, 1.165) is 5.75 Å². The molecule has 7 heteroatoms. The highest BCUT2D eigenvalue weighted by Gasteiger charge is 2.28. The van der Waals surface area contributed by atoms with Crippen molar-refractivity contribution < 1.29 is 13.3 Å². The lowest BCUT2D eigenvalue weighted by Gasteiger charge is -2.31. The van der Waals surface area contributed by atoms with Crippen molar-refractivity contribution in [1.82, 2.24) is 0 Å². The molecule has 0 fully saturated rings. The van der Waals surface area contributed by atoms with Crippen LogP contribution in [0.1, 0.15) is 5.56 Å². The number of rotatable bonds is 9. The Balaban J connectivity index is 2.96. The van der Waals surface area contributed by atoms with Crippen LogP contribution in [0, 0.1) is 0 Å². The fourth-order valence-electron chi connectivity index (χ4n) is 2.52. The molecule has 1 aromatic carbocycles. The van der Waals surface area contributed by atoms with Crippen LogP contribution in [0.2, 0.25) is 52.4 Å². The van der Waals surface area contributed by atoms with Crippen molar-refractivity contribution in [3.8, 4) is 5.75 Å². The molecule has 136 valence electrons. The second-order valence-corrected chi connectivity index (χ2v) is 21.4. The van der Waals surface area contributed by atoms with Gasteiger partial charge in [-0.3, -0.25) is 0 Å². The van der Waals surface area contributed by atoms with E-state index in [2.05, 4.69) is 77.2 Å². The third-order valence-electron chi connectivity index (χ3n) is 3.24. The van der Waals surface area contributed by atoms with Crippen LogP contribution in [-0.2, 0) is 8.85 Å². The Morgan fingerprint density at radius 2 is 1.58 bits per heavy atom. The smallest absolute Gasteiger partial charge is 0.276 e. The summed E-state index contributed by atoms with van der Waals surface area (Å²) < 4.78 is 18.9. The molecule has 0 amide bonds. The molecule has 1 aromatic rings. The van der Waals surface area contributed by atoms with E-state index >= 15 is 0 Å². The molecule has 0 heterocycles. The molecular formula is C17H34O3Si4. The maximum absolute atomic E-state index is 6.32. The SMILES string of the molecule is C=Cc1cccc(O[SiH2]C(O[Si](C)(C)C)O[Si](C)(C)C)c1[SiH](C)C. The zero-order valence-electron chi connectivity index (χ0n) is 16.6. The van der Waals surface area contributed by atoms with Crippen molar-refractivity contribution in [2.45, 2.75) is 58.3 Å². The second-order valence-electron chi connectivity index (χ2n) is 8.32. The fourth-order valence-corrected chi connectivity index (χ4v) is 10.2. The summed E-state index contributed by atoms with van der Waals surface area (Å²) in [5.74, 6) is 0.862. The second kappa shape index (κ2) is 8.77. The molecule has 3 nitrogen and oxygen atoms in total. The van der Waals surface area contributed by atoms with Crippen LogP contribution < -0.4 is 9.61 Å². The Kier molecular flexibility index (Phi) is 7.89. The summed E-state index contributed by atoms with van der Waals surface area (Å²) in [5, 5.41) is 1.36. The molecule has 0 saturated carbocycles. The molecule has 0 aliphatic rings. The summed E-state index contributed by atoms with van der Waals surface area (Å²) in [5.41, 5.74) is 1.21. The van der Waals surface area contributed by atoms with Crippen LogP contribution in [0.25, 0.3) is 6.08 Å². The van der Waals surface area contributed by atoms with Gasteiger partial charge in [-0.05, 0) is 56.1 Å².